The molecule has 1 unspecified atom stereocenters. The maximum absolute atomic E-state index is 13.4. The minimum Gasteiger partial charge on any atom is -0.496 e. The van der Waals surface area contributed by atoms with Gasteiger partial charge < -0.3 is 19.1 Å². The van der Waals surface area contributed by atoms with E-state index in [2.05, 4.69) is 11.0 Å². The number of morpholine rings is 1. The molecule has 7 nitrogen and oxygen atoms in total. The molecule has 3 saturated heterocycles. The summed E-state index contributed by atoms with van der Waals surface area (Å²) in [5.41, 5.74) is 2.79. The maximum atomic E-state index is 13.4. The van der Waals surface area contributed by atoms with Gasteiger partial charge in [-0.05, 0) is 54.9 Å². The number of hydrogen-bond donors (Lipinski definition) is 0. The molecule has 2 aromatic carbocycles. The summed E-state index contributed by atoms with van der Waals surface area (Å²) in [6, 6.07) is 15.9. The highest BCUT2D eigenvalue weighted by atomic mass is 32.2. The first-order valence-electron chi connectivity index (χ1n) is 11.7. The van der Waals surface area contributed by atoms with E-state index in [1.165, 1.54) is 11.8 Å². The van der Waals surface area contributed by atoms with Crippen molar-refractivity contribution >= 4 is 40.3 Å². The van der Waals surface area contributed by atoms with Crippen LogP contribution >= 0.6 is 11.8 Å². The van der Waals surface area contributed by atoms with Gasteiger partial charge in [0.15, 0.2) is 5.17 Å². The van der Waals surface area contributed by atoms with Crippen LogP contribution in [0.2, 0.25) is 0 Å². The van der Waals surface area contributed by atoms with E-state index < -0.39 is 0 Å². The van der Waals surface area contributed by atoms with Crippen LogP contribution in [0.1, 0.15) is 18.4 Å². The lowest BCUT2D eigenvalue weighted by Crippen LogP contribution is -2.36. The predicted molar refractivity (Wildman–Crippen MR) is 136 cm³/mol. The maximum Gasteiger partial charge on any atom is 0.266 e. The zero-order valence-corrected chi connectivity index (χ0v) is 20.1. The Hall–Kier alpha value is -2.81. The molecule has 3 aliphatic rings. The summed E-state index contributed by atoms with van der Waals surface area (Å²) >= 11 is 1.40. The van der Waals surface area contributed by atoms with Crippen molar-refractivity contribution in [3.05, 3.63) is 59.0 Å². The Kier molecular flexibility index (Phi) is 7.18. The van der Waals surface area contributed by atoms with E-state index >= 15 is 0 Å². The summed E-state index contributed by atoms with van der Waals surface area (Å²) in [5.74, 6) is 0.693. The van der Waals surface area contributed by atoms with Crippen LogP contribution in [0.4, 0.5) is 11.4 Å². The van der Waals surface area contributed by atoms with Crippen LogP contribution in [0.5, 0.6) is 5.75 Å². The molecule has 0 spiro atoms. The third-order valence-corrected chi connectivity index (χ3v) is 7.17. The van der Waals surface area contributed by atoms with Gasteiger partial charge in [0.25, 0.3) is 5.91 Å². The molecule has 0 aliphatic carbocycles. The number of amides is 1. The van der Waals surface area contributed by atoms with Gasteiger partial charge in [-0.3, -0.25) is 9.69 Å². The highest BCUT2D eigenvalue weighted by Gasteiger charge is 2.36. The predicted octanol–water partition coefficient (Wildman–Crippen LogP) is 4.31. The first-order valence-corrected chi connectivity index (χ1v) is 12.5. The number of para-hydroxylation sites is 1. The Labute approximate surface area is 204 Å². The molecule has 3 fully saturated rings. The van der Waals surface area contributed by atoms with Gasteiger partial charge in [0.1, 0.15) is 5.75 Å². The van der Waals surface area contributed by atoms with Gasteiger partial charge in [0.2, 0.25) is 0 Å². The fourth-order valence-electron chi connectivity index (χ4n) is 4.34. The monoisotopic (exact) mass is 479 g/mol. The van der Waals surface area contributed by atoms with Crippen LogP contribution in [0.25, 0.3) is 6.08 Å². The third-order valence-electron chi connectivity index (χ3n) is 6.16. The summed E-state index contributed by atoms with van der Waals surface area (Å²) in [4.78, 5) is 22.9. The standard InChI is InChI=1S/C26H29N3O4S/c1-31-23-17-21(28-11-14-32-15-12-28)10-9-19(23)16-24-25(30)29(18-22-8-5-13-33-22)26(34-24)27-20-6-3-2-4-7-20/h2-4,6-7,9-10,16-17,22H,5,8,11-15,18H2,1H3. The Bertz CT molecular complexity index is 1080. The number of methoxy groups -OCH3 is 1. The van der Waals surface area contributed by atoms with Gasteiger partial charge in [-0.2, -0.15) is 0 Å². The molecule has 3 heterocycles. The number of ether oxygens (including phenoxy) is 3. The number of aliphatic imine (C=N–C) groups is 1. The van der Waals surface area contributed by atoms with E-state index in [0.29, 0.717) is 16.6 Å². The van der Waals surface area contributed by atoms with E-state index in [1.54, 1.807) is 12.0 Å². The van der Waals surface area contributed by atoms with Crippen molar-refractivity contribution in [1.29, 1.82) is 0 Å². The Morgan fingerprint density at radius 1 is 1.15 bits per heavy atom. The lowest BCUT2D eigenvalue weighted by Gasteiger charge is -2.29. The van der Waals surface area contributed by atoms with Crippen LogP contribution in [0.3, 0.4) is 0 Å². The zero-order valence-electron chi connectivity index (χ0n) is 19.3. The normalized spacial score (nSPS) is 23.3. The summed E-state index contributed by atoms with van der Waals surface area (Å²) in [5, 5.41) is 0.682. The molecule has 8 heteroatoms. The van der Waals surface area contributed by atoms with Gasteiger partial charge >= 0.3 is 0 Å². The molecular formula is C26H29N3O4S. The Balaban J connectivity index is 1.43. The van der Waals surface area contributed by atoms with Crippen LogP contribution in [-0.4, -0.2) is 68.6 Å². The van der Waals surface area contributed by atoms with E-state index in [-0.39, 0.29) is 12.0 Å². The Morgan fingerprint density at radius 3 is 2.71 bits per heavy atom. The van der Waals surface area contributed by atoms with Crippen molar-refractivity contribution in [1.82, 2.24) is 4.90 Å². The molecule has 0 radical (unpaired) electrons. The smallest absolute Gasteiger partial charge is 0.266 e. The molecular weight excluding hydrogens is 450 g/mol. The minimum absolute atomic E-state index is 0.0468. The van der Waals surface area contributed by atoms with Crippen molar-refractivity contribution in [3.63, 3.8) is 0 Å². The number of hydrogen-bond acceptors (Lipinski definition) is 7. The Morgan fingerprint density at radius 2 is 1.97 bits per heavy atom. The average molecular weight is 480 g/mol. The second-order valence-electron chi connectivity index (χ2n) is 8.42. The van der Waals surface area contributed by atoms with E-state index in [4.69, 9.17) is 19.2 Å². The van der Waals surface area contributed by atoms with Crippen molar-refractivity contribution in [3.8, 4) is 5.75 Å². The average Bonchev–Trinajstić information content (AvgIpc) is 3.50. The van der Waals surface area contributed by atoms with E-state index in [1.807, 2.05) is 48.5 Å². The number of anilines is 1. The summed E-state index contributed by atoms with van der Waals surface area (Å²) in [7, 11) is 1.66. The molecule has 3 aliphatic heterocycles. The second kappa shape index (κ2) is 10.6. The van der Waals surface area contributed by atoms with E-state index in [9.17, 15) is 4.79 Å². The van der Waals surface area contributed by atoms with Crippen molar-refractivity contribution in [2.24, 2.45) is 4.99 Å². The lowest BCUT2D eigenvalue weighted by molar-refractivity contribution is -0.123. The van der Waals surface area contributed by atoms with Crippen LogP contribution in [-0.2, 0) is 14.3 Å². The first-order chi connectivity index (χ1) is 16.7. The molecule has 0 aromatic heterocycles. The molecule has 178 valence electrons. The van der Waals surface area contributed by atoms with Crippen molar-refractivity contribution < 1.29 is 19.0 Å². The number of benzene rings is 2. The quantitative estimate of drug-likeness (QED) is 0.575. The number of thioether (sulfide) groups is 1. The zero-order chi connectivity index (χ0) is 23.3. The number of amidine groups is 1. The molecule has 0 saturated carbocycles. The SMILES string of the molecule is COc1cc(N2CCOCC2)ccc1C=C1SC(=Nc2ccccc2)N(CC2CCCO2)C1=O. The van der Waals surface area contributed by atoms with E-state index in [0.717, 1.165) is 68.4 Å². The van der Waals surface area contributed by atoms with Gasteiger partial charge in [-0.25, -0.2) is 4.99 Å². The summed E-state index contributed by atoms with van der Waals surface area (Å²) in [6.45, 7) is 4.43. The molecule has 5 rings (SSSR count). The van der Waals surface area contributed by atoms with Gasteiger partial charge in [0, 0.05) is 37.0 Å². The number of rotatable bonds is 6. The highest BCUT2D eigenvalue weighted by Crippen LogP contribution is 2.37. The van der Waals surface area contributed by atoms with Crippen LogP contribution < -0.4 is 9.64 Å². The van der Waals surface area contributed by atoms with Crippen molar-refractivity contribution in [2.75, 3.05) is 51.5 Å². The number of carbonyl (C=O) groups excluding carboxylic acids is 1. The van der Waals surface area contributed by atoms with Crippen LogP contribution in [0, 0.1) is 0 Å². The molecule has 2 aromatic rings. The molecule has 0 bridgehead atoms. The van der Waals surface area contributed by atoms with Gasteiger partial charge in [0.05, 0.1) is 43.6 Å². The topological polar surface area (TPSA) is 63.6 Å². The lowest BCUT2D eigenvalue weighted by atomic mass is 10.1. The molecule has 34 heavy (non-hydrogen) atoms. The van der Waals surface area contributed by atoms with Crippen molar-refractivity contribution in [2.45, 2.75) is 18.9 Å². The fraction of sp³-hybridized carbons (Fsp3) is 0.385. The molecule has 1 atom stereocenters. The first kappa shape index (κ1) is 23.0. The third kappa shape index (κ3) is 5.14. The summed E-state index contributed by atoms with van der Waals surface area (Å²) in [6.07, 6.45) is 3.95. The fourth-order valence-corrected chi connectivity index (χ4v) is 5.33. The van der Waals surface area contributed by atoms with Gasteiger partial charge in [-0.15, -0.1) is 0 Å². The molecule has 1 amide bonds. The largest absolute Gasteiger partial charge is 0.496 e. The number of nitrogens with zero attached hydrogens (tertiary/aromatic N) is 3. The molecule has 0 N–H and O–H groups in total. The summed E-state index contributed by atoms with van der Waals surface area (Å²) < 4.78 is 17.0. The number of carbonyl (C=O) groups is 1. The van der Waals surface area contributed by atoms with Gasteiger partial charge in [-0.1, -0.05) is 18.2 Å². The van der Waals surface area contributed by atoms with Crippen LogP contribution in [0.15, 0.2) is 58.4 Å². The minimum atomic E-state index is -0.0468. The second-order valence-corrected chi connectivity index (χ2v) is 9.43. The highest BCUT2D eigenvalue weighted by molar-refractivity contribution is 8.18.